The van der Waals surface area contributed by atoms with E-state index in [0.717, 1.165) is 6.20 Å². The summed E-state index contributed by atoms with van der Waals surface area (Å²) >= 11 is 3.32. The average molecular weight is 532 g/mol. The summed E-state index contributed by atoms with van der Waals surface area (Å²) in [5.74, 6) is -2.14. The minimum Gasteiger partial charge on any atom is -0.384 e. The molecule has 3 rings (SSSR count). The van der Waals surface area contributed by atoms with Crippen LogP contribution in [0.3, 0.4) is 0 Å². The van der Waals surface area contributed by atoms with Gasteiger partial charge in [-0.25, -0.2) is 17.9 Å². The van der Waals surface area contributed by atoms with Crippen LogP contribution in [-0.2, 0) is 14.8 Å². The lowest BCUT2D eigenvalue weighted by atomic mass is 10.0. The van der Waals surface area contributed by atoms with Crippen LogP contribution >= 0.6 is 15.9 Å². The van der Waals surface area contributed by atoms with E-state index in [1.165, 1.54) is 31.3 Å². The number of aromatic nitrogens is 1. The number of nitrogens with one attached hydrogen (secondary N) is 2. The predicted molar refractivity (Wildman–Crippen MR) is 129 cm³/mol. The van der Waals surface area contributed by atoms with E-state index in [0.29, 0.717) is 26.7 Å². The van der Waals surface area contributed by atoms with Crippen molar-refractivity contribution >= 4 is 49.0 Å². The number of halogens is 2. The van der Waals surface area contributed by atoms with Crippen LogP contribution in [0.4, 0.5) is 10.1 Å². The zero-order valence-corrected chi connectivity index (χ0v) is 19.7. The summed E-state index contributed by atoms with van der Waals surface area (Å²) in [6, 6.07) is 12.5. The number of benzene rings is 2. The molecule has 0 aliphatic rings. The Morgan fingerprint density at radius 3 is 2.48 bits per heavy atom. The van der Waals surface area contributed by atoms with Crippen molar-refractivity contribution in [1.29, 1.82) is 5.41 Å². The van der Waals surface area contributed by atoms with Gasteiger partial charge in [-0.3, -0.25) is 15.2 Å². The molecule has 0 aliphatic heterocycles. The number of anilines is 1. The second kappa shape index (κ2) is 9.61. The number of carbonyl (C=O) groups excluding carboxylic acids is 1. The molecular weight excluding hydrogens is 513 g/mol. The van der Waals surface area contributed by atoms with E-state index >= 15 is 0 Å². The van der Waals surface area contributed by atoms with Crippen LogP contribution < -0.4 is 16.2 Å². The molecule has 33 heavy (non-hydrogen) atoms. The summed E-state index contributed by atoms with van der Waals surface area (Å²) in [5.41, 5.74) is 7.48. The predicted octanol–water partition coefficient (Wildman–Crippen LogP) is 3.78. The maximum Gasteiger partial charge on any atom is 0.284 e. The first kappa shape index (κ1) is 24.2. The van der Waals surface area contributed by atoms with Gasteiger partial charge < -0.3 is 11.1 Å². The topological polar surface area (TPSA) is 152 Å². The van der Waals surface area contributed by atoms with Gasteiger partial charge in [0.15, 0.2) is 5.83 Å². The van der Waals surface area contributed by atoms with Gasteiger partial charge in [0.25, 0.3) is 5.91 Å². The quantitative estimate of drug-likeness (QED) is 0.216. The third-order valence-electron chi connectivity index (χ3n) is 4.75. The highest BCUT2D eigenvalue weighted by Crippen LogP contribution is 2.32. The maximum absolute atomic E-state index is 14.8. The number of nitrogens with zero attached hydrogens (tertiary/aromatic N) is 1. The molecule has 6 N–H and O–H groups in total. The van der Waals surface area contributed by atoms with E-state index in [4.69, 9.17) is 16.3 Å². The molecule has 8 nitrogen and oxygen atoms in total. The Kier molecular flexibility index (Phi) is 7.06. The first-order valence-electron chi connectivity index (χ1n) is 9.38. The minimum atomic E-state index is -4.00. The number of pyridine rings is 1. The van der Waals surface area contributed by atoms with Gasteiger partial charge in [0.05, 0.1) is 5.69 Å². The monoisotopic (exact) mass is 531 g/mol. The number of sulfonamides is 1. The summed E-state index contributed by atoms with van der Waals surface area (Å²) in [6.07, 6.45) is 2.58. The molecule has 0 bridgehead atoms. The van der Waals surface area contributed by atoms with Crippen LogP contribution in [0.2, 0.25) is 0 Å². The van der Waals surface area contributed by atoms with Crippen LogP contribution in [0.15, 0.2) is 76.1 Å². The number of nitrogens with two attached hydrogens (primary N) is 2. The Morgan fingerprint density at radius 2 is 1.85 bits per heavy atom. The van der Waals surface area contributed by atoms with Crippen LogP contribution in [0.25, 0.3) is 16.7 Å². The third kappa shape index (κ3) is 5.51. The summed E-state index contributed by atoms with van der Waals surface area (Å²) in [5, 5.41) is 15.2. The van der Waals surface area contributed by atoms with E-state index in [1.807, 2.05) is 0 Å². The molecular formula is C22H19BrFN5O3S. The van der Waals surface area contributed by atoms with Crippen molar-refractivity contribution in [3.8, 4) is 11.1 Å². The average Bonchev–Trinajstić information content (AvgIpc) is 2.78. The van der Waals surface area contributed by atoms with Crippen molar-refractivity contribution in [3.05, 3.63) is 82.4 Å². The molecule has 1 amide bonds. The van der Waals surface area contributed by atoms with E-state index in [1.54, 1.807) is 30.3 Å². The van der Waals surface area contributed by atoms with Crippen LogP contribution in [-0.4, -0.2) is 25.1 Å². The first-order valence-corrected chi connectivity index (χ1v) is 11.7. The van der Waals surface area contributed by atoms with E-state index in [-0.39, 0.29) is 22.0 Å². The summed E-state index contributed by atoms with van der Waals surface area (Å²) in [4.78, 5) is 16.2. The van der Waals surface area contributed by atoms with E-state index in [9.17, 15) is 17.6 Å². The number of hydrogen-bond donors (Lipinski definition) is 4. The van der Waals surface area contributed by atoms with Gasteiger partial charge in [0.2, 0.25) is 10.0 Å². The molecule has 0 saturated heterocycles. The van der Waals surface area contributed by atoms with Crippen molar-refractivity contribution in [3.63, 3.8) is 0 Å². The van der Waals surface area contributed by atoms with Gasteiger partial charge in [-0.15, -0.1) is 0 Å². The molecule has 0 atom stereocenters. The molecule has 2 aromatic carbocycles. The number of hydrogen-bond acceptors (Lipinski definition) is 5. The Morgan fingerprint density at radius 1 is 1.15 bits per heavy atom. The van der Waals surface area contributed by atoms with Crippen LogP contribution in [0.5, 0.6) is 0 Å². The maximum atomic E-state index is 14.8. The summed E-state index contributed by atoms with van der Waals surface area (Å²) in [7, 11) is -4.00. The SMILES string of the molecule is C/C(=C(/F)C(=O)Nc1ccc(-c2ccncc2S(N)(=O)=O)cc1Br)c1cccc(C(=N)N)c1. The van der Waals surface area contributed by atoms with Crippen LogP contribution in [0.1, 0.15) is 18.1 Å². The van der Waals surface area contributed by atoms with Crippen LogP contribution in [0, 0.1) is 5.41 Å². The zero-order valence-electron chi connectivity index (χ0n) is 17.3. The van der Waals surface area contributed by atoms with E-state index in [2.05, 4.69) is 26.2 Å². The second-order valence-corrected chi connectivity index (χ2v) is 9.38. The fourth-order valence-corrected chi connectivity index (χ4v) is 4.20. The van der Waals surface area contributed by atoms with Gasteiger partial charge in [0.1, 0.15) is 10.7 Å². The van der Waals surface area contributed by atoms with Crippen molar-refractivity contribution < 1.29 is 17.6 Å². The van der Waals surface area contributed by atoms with Gasteiger partial charge in [-0.1, -0.05) is 24.3 Å². The van der Waals surface area contributed by atoms with Crippen molar-refractivity contribution in [2.45, 2.75) is 11.8 Å². The Balaban J connectivity index is 1.89. The van der Waals surface area contributed by atoms with E-state index < -0.39 is 21.8 Å². The molecule has 1 aromatic heterocycles. The third-order valence-corrected chi connectivity index (χ3v) is 6.35. The fraction of sp³-hybridized carbons (Fsp3) is 0.0455. The Hall–Kier alpha value is -3.41. The van der Waals surface area contributed by atoms with Gasteiger partial charge >= 0.3 is 0 Å². The highest BCUT2D eigenvalue weighted by Gasteiger charge is 2.18. The van der Waals surface area contributed by atoms with Gasteiger partial charge in [-0.2, -0.15) is 0 Å². The molecule has 0 saturated carbocycles. The standard InChI is InChI=1S/C22H19BrFN5O3S/c1-12(13-3-2-4-15(9-13)21(25)26)20(24)22(30)29-18-6-5-14(10-17(18)23)16-7-8-28-11-19(16)33(27,31)32/h2-11H,1H3,(H3,25,26)(H,29,30)(H2,27,31,32)/b20-12-. The second-order valence-electron chi connectivity index (χ2n) is 7.00. The summed E-state index contributed by atoms with van der Waals surface area (Å²) < 4.78 is 38.9. The zero-order chi connectivity index (χ0) is 24.3. The Bertz CT molecular complexity index is 1410. The molecule has 0 unspecified atom stereocenters. The molecule has 1 heterocycles. The highest BCUT2D eigenvalue weighted by atomic mass is 79.9. The summed E-state index contributed by atoms with van der Waals surface area (Å²) in [6.45, 7) is 1.45. The number of carbonyl (C=O) groups is 1. The lowest BCUT2D eigenvalue weighted by molar-refractivity contribution is -0.114. The van der Waals surface area contributed by atoms with Crippen molar-refractivity contribution in [2.24, 2.45) is 10.9 Å². The smallest absolute Gasteiger partial charge is 0.284 e. The molecule has 0 fully saturated rings. The number of nitrogen functional groups attached to an aromatic ring is 1. The number of allylic oxidation sites excluding steroid dienone is 1. The Labute approximate surface area is 198 Å². The molecule has 0 aliphatic carbocycles. The van der Waals surface area contributed by atoms with Crippen molar-refractivity contribution in [1.82, 2.24) is 4.98 Å². The lowest BCUT2D eigenvalue weighted by Gasteiger charge is -2.12. The molecule has 170 valence electrons. The number of amides is 1. The largest absolute Gasteiger partial charge is 0.384 e. The molecule has 0 spiro atoms. The lowest BCUT2D eigenvalue weighted by Crippen LogP contribution is -2.14. The van der Waals surface area contributed by atoms with Gasteiger partial charge in [0, 0.05) is 28.0 Å². The minimum absolute atomic E-state index is 0.0814. The normalized spacial score (nSPS) is 12.1. The van der Waals surface area contributed by atoms with Crippen molar-refractivity contribution in [2.75, 3.05) is 5.32 Å². The first-order chi connectivity index (χ1) is 15.5. The number of amidine groups is 1. The fourth-order valence-electron chi connectivity index (χ4n) is 3.02. The highest BCUT2D eigenvalue weighted by molar-refractivity contribution is 9.10. The molecule has 3 aromatic rings. The van der Waals surface area contributed by atoms with Gasteiger partial charge in [-0.05, 0) is 63.8 Å². The number of rotatable bonds is 6. The number of primary sulfonamides is 1. The molecule has 0 radical (unpaired) electrons. The molecule has 11 heteroatoms.